The van der Waals surface area contributed by atoms with E-state index in [0.717, 1.165) is 5.56 Å². The number of hydrogen-bond donors (Lipinski definition) is 1. The summed E-state index contributed by atoms with van der Waals surface area (Å²) in [6.45, 7) is 1.75. The first kappa shape index (κ1) is 17.6. The monoisotopic (exact) mass is 348 g/mol. The molecule has 2 aromatic carbocycles. The van der Waals surface area contributed by atoms with Crippen molar-refractivity contribution < 1.29 is 14.3 Å². The number of pyridine rings is 1. The van der Waals surface area contributed by atoms with Gasteiger partial charge >= 0.3 is 0 Å². The molecule has 0 bridgehead atoms. The maximum Gasteiger partial charge on any atom is 0.260 e. The molecule has 0 aliphatic heterocycles. The van der Waals surface area contributed by atoms with Gasteiger partial charge in [0.15, 0.2) is 5.60 Å². The standard InChI is InChI=1S/C21H20N2O3/c1-21(25-2,16-7-4-3-5-8-16)20(24)23-17-9-6-10-19(15-17)26-18-11-13-22-14-12-18/h3-15H,1-2H3,(H,23,24). The largest absolute Gasteiger partial charge is 0.457 e. The van der Waals surface area contributed by atoms with Gasteiger partial charge in [-0.05, 0) is 36.8 Å². The fourth-order valence-electron chi connectivity index (χ4n) is 2.53. The van der Waals surface area contributed by atoms with Crippen molar-refractivity contribution in [1.82, 2.24) is 4.98 Å². The molecule has 0 aliphatic carbocycles. The number of ether oxygens (including phenoxy) is 2. The third kappa shape index (κ3) is 3.90. The molecule has 1 amide bonds. The summed E-state index contributed by atoms with van der Waals surface area (Å²) in [5.74, 6) is 1.04. The Kier molecular flexibility index (Phi) is 5.29. The number of anilines is 1. The summed E-state index contributed by atoms with van der Waals surface area (Å²) in [5, 5.41) is 2.90. The van der Waals surface area contributed by atoms with Gasteiger partial charge in [-0.3, -0.25) is 9.78 Å². The number of hydrogen-bond acceptors (Lipinski definition) is 4. The molecule has 3 rings (SSSR count). The van der Waals surface area contributed by atoms with Gasteiger partial charge in [0, 0.05) is 31.3 Å². The number of rotatable bonds is 6. The van der Waals surface area contributed by atoms with Crippen LogP contribution in [0, 0.1) is 0 Å². The molecule has 1 aromatic heterocycles. The summed E-state index contributed by atoms with van der Waals surface area (Å²) >= 11 is 0. The smallest absolute Gasteiger partial charge is 0.260 e. The lowest BCUT2D eigenvalue weighted by atomic mass is 9.94. The van der Waals surface area contributed by atoms with Gasteiger partial charge in [-0.15, -0.1) is 0 Å². The number of nitrogens with one attached hydrogen (secondary N) is 1. The van der Waals surface area contributed by atoms with Crippen LogP contribution in [0.5, 0.6) is 11.5 Å². The summed E-state index contributed by atoms with van der Waals surface area (Å²) in [6.07, 6.45) is 3.32. The van der Waals surface area contributed by atoms with Gasteiger partial charge in [-0.25, -0.2) is 0 Å². The number of methoxy groups -OCH3 is 1. The van der Waals surface area contributed by atoms with Gasteiger partial charge in [-0.1, -0.05) is 36.4 Å². The van der Waals surface area contributed by atoms with E-state index in [4.69, 9.17) is 9.47 Å². The Bertz CT molecular complexity index is 869. The second-order valence-electron chi connectivity index (χ2n) is 5.87. The molecule has 3 aromatic rings. The molecular weight excluding hydrogens is 328 g/mol. The third-order valence-corrected chi connectivity index (χ3v) is 4.14. The fraction of sp³-hybridized carbons (Fsp3) is 0.143. The molecule has 0 radical (unpaired) electrons. The number of benzene rings is 2. The minimum Gasteiger partial charge on any atom is -0.457 e. The van der Waals surface area contributed by atoms with Crippen molar-refractivity contribution in [3.63, 3.8) is 0 Å². The molecule has 1 heterocycles. The molecule has 0 fully saturated rings. The van der Waals surface area contributed by atoms with E-state index in [1.165, 1.54) is 7.11 Å². The van der Waals surface area contributed by atoms with Crippen LogP contribution < -0.4 is 10.1 Å². The highest BCUT2D eigenvalue weighted by Crippen LogP contribution is 2.28. The summed E-state index contributed by atoms with van der Waals surface area (Å²) < 4.78 is 11.3. The van der Waals surface area contributed by atoms with Crippen molar-refractivity contribution >= 4 is 11.6 Å². The first-order chi connectivity index (χ1) is 12.6. The Labute approximate surface area is 152 Å². The lowest BCUT2D eigenvalue weighted by Crippen LogP contribution is -2.39. The molecule has 26 heavy (non-hydrogen) atoms. The maximum absolute atomic E-state index is 12.9. The average molecular weight is 348 g/mol. The molecule has 1 unspecified atom stereocenters. The number of carbonyl (C=O) groups is 1. The van der Waals surface area contributed by atoms with Gasteiger partial charge in [0.25, 0.3) is 5.91 Å². The molecule has 132 valence electrons. The zero-order valence-corrected chi connectivity index (χ0v) is 14.7. The molecule has 1 atom stereocenters. The Morgan fingerprint density at radius 1 is 0.962 bits per heavy atom. The van der Waals surface area contributed by atoms with Crippen LogP contribution in [0.1, 0.15) is 12.5 Å². The van der Waals surface area contributed by atoms with Crippen molar-refractivity contribution in [2.45, 2.75) is 12.5 Å². The van der Waals surface area contributed by atoms with Gasteiger partial charge in [-0.2, -0.15) is 0 Å². The zero-order valence-electron chi connectivity index (χ0n) is 14.7. The number of carbonyl (C=O) groups excluding carboxylic acids is 1. The second kappa shape index (κ2) is 7.80. The average Bonchev–Trinajstić information content (AvgIpc) is 2.69. The Morgan fingerprint density at radius 2 is 1.69 bits per heavy atom. The first-order valence-electron chi connectivity index (χ1n) is 8.22. The van der Waals surface area contributed by atoms with Gasteiger partial charge < -0.3 is 14.8 Å². The Morgan fingerprint density at radius 3 is 2.38 bits per heavy atom. The Balaban J connectivity index is 1.78. The molecule has 0 spiro atoms. The van der Waals surface area contributed by atoms with E-state index in [9.17, 15) is 4.79 Å². The molecule has 5 heteroatoms. The van der Waals surface area contributed by atoms with Crippen molar-refractivity contribution in [2.75, 3.05) is 12.4 Å². The van der Waals surface area contributed by atoms with E-state index in [2.05, 4.69) is 10.3 Å². The lowest BCUT2D eigenvalue weighted by molar-refractivity contribution is -0.136. The summed E-state index contributed by atoms with van der Waals surface area (Å²) in [5.41, 5.74) is 0.313. The predicted molar refractivity (Wildman–Crippen MR) is 100 cm³/mol. The van der Waals surface area contributed by atoms with Crippen LogP contribution in [-0.2, 0) is 15.1 Å². The van der Waals surface area contributed by atoms with E-state index in [-0.39, 0.29) is 5.91 Å². The summed E-state index contributed by atoms with van der Waals surface area (Å²) in [6, 6.07) is 20.1. The Hall–Kier alpha value is -3.18. The predicted octanol–water partition coefficient (Wildman–Crippen LogP) is 4.37. The van der Waals surface area contributed by atoms with Crippen LogP contribution in [0.3, 0.4) is 0 Å². The van der Waals surface area contributed by atoms with Crippen molar-refractivity contribution in [3.05, 3.63) is 84.7 Å². The van der Waals surface area contributed by atoms with Gasteiger partial charge in [0.05, 0.1) is 0 Å². The molecular formula is C21H20N2O3. The molecule has 1 N–H and O–H groups in total. The lowest BCUT2D eigenvalue weighted by Gasteiger charge is -2.27. The number of aromatic nitrogens is 1. The molecule has 5 nitrogen and oxygen atoms in total. The van der Waals surface area contributed by atoms with E-state index < -0.39 is 5.60 Å². The summed E-state index contributed by atoms with van der Waals surface area (Å²) in [7, 11) is 1.52. The quantitative estimate of drug-likeness (QED) is 0.718. The van der Waals surface area contributed by atoms with Crippen molar-refractivity contribution in [3.8, 4) is 11.5 Å². The highest BCUT2D eigenvalue weighted by Gasteiger charge is 2.35. The van der Waals surface area contributed by atoms with Crippen molar-refractivity contribution in [2.24, 2.45) is 0 Å². The highest BCUT2D eigenvalue weighted by molar-refractivity contribution is 5.97. The van der Waals surface area contributed by atoms with Crippen molar-refractivity contribution in [1.29, 1.82) is 0 Å². The van der Waals surface area contributed by atoms with Crippen LogP contribution in [-0.4, -0.2) is 18.0 Å². The van der Waals surface area contributed by atoms with Crippen LogP contribution in [0.15, 0.2) is 79.1 Å². The van der Waals surface area contributed by atoms with Gasteiger partial charge in [0.1, 0.15) is 11.5 Å². The number of amides is 1. The fourth-order valence-corrected chi connectivity index (χ4v) is 2.53. The van der Waals surface area contributed by atoms with Crippen LogP contribution in [0.25, 0.3) is 0 Å². The second-order valence-corrected chi connectivity index (χ2v) is 5.87. The normalized spacial score (nSPS) is 12.8. The highest BCUT2D eigenvalue weighted by atomic mass is 16.5. The van der Waals surface area contributed by atoms with Gasteiger partial charge in [0.2, 0.25) is 0 Å². The zero-order chi connectivity index (χ0) is 18.4. The topological polar surface area (TPSA) is 60.5 Å². The number of nitrogens with zero attached hydrogens (tertiary/aromatic N) is 1. The maximum atomic E-state index is 12.9. The SMILES string of the molecule is COC(C)(C(=O)Nc1cccc(Oc2ccncc2)c1)c1ccccc1. The van der Waals surface area contributed by atoms with Crippen LogP contribution in [0.4, 0.5) is 5.69 Å². The summed E-state index contributed by atoms with van der Waals surface area (Å²) in [4.78, 5) is 16.8. The molecule has 0 aliphatic rings. The molecule has 0 saturated heterocycles. The van der Waals surface area contributed by atoms with Crippen LogP contribution >= 0.6 is 0 Å². The van der Waals surface area contributed by atoms with E-state index in [0.29, 0.717) is 17.2 Å². The van der Waals surface area contributed by atoms with E-state index in [1.807, 2.05) is 42.5 Å². The minimum atomic E-state index is -1.09. The minimum absolute atomic E-state index is 0.257. The third-order valence-electron chi connectivity index (χ3n) is 4.14. The van der Waals surface area contributed by atoms with E-state index in [1.54, 1.807) is 43.6 Å². The van der Waals surface area contributed by atoms with Crippen LogP contribution in [0.2, 0.25) is 0 Å². The molecule has 0 saturated carbocycles. The van der Waals surface area contributed by atoms with E-state index >= 15 is 0 Å². The first-order valence-corrected chi connectivity index (χ1v) is 8.22.